The van der Waals surface area contributed by atoms with Gasteiger partial charge in [-0.1, -0.05) is 18.2 Å². The number of ether oxygens (including phenoxy) is 1. The Morgan fingerprint density at radius 3 is 2.77 bits per heavy atom. The number of hydrogen-bond donors (Lipinski definition) is 3. The van der Waals surface area contributed by atoms with Crippen LogP contribution < -0.4 is 15.4 Å². The van der Waals surface area contributed by atoms with Gasteiger partial charge in [0, 0.05) is 18.2 Å². The SMILES string of the molecule is COc1ccc(NC(=O)NC[C@@H](O)c2ccccc2F)cn1. The molecule has 7 heteroatoms. The number of nitrogens with zero attached hydrogens (tertiary/aromatic N) is 1. The molecule has 116 valence electrons. The number of pyridine rings is 1. The van der Waals surface area contributed by atoms with E-state index in [1.165, 1.54) is 31.5 Å². The summed E-state index contributed by atoms with van der Waals surface area (Å²) >= 11 is 0. The number of benzene rings is 1. The molecule has 1 aromatic carbocycles. The summed E-state index contributed by atoms with van der Waals surface area (Å²) in [4.78, 5) is 15.6. The molecule has 0 fully saturated rings. The fraction of sp³-hybridized carbons (Fsp3) is 0.200. The summed E-state index contributed by atoms with van der Waals surface area (Å²) in [5, 5.41) is 14.9. The van der Waals surface area contributed by atoms with Crippen LogP contribution in [0.5, 0.6) is 5.88 Å². The van der Waals surface area contributed by atoms with Crippen LogP contribution in [-0.2, 0) is 0 Å². The van der Waals surface area contributed by atoms with E-state index in [4.69, 9.17) is 4.74 Å². The first-order valence-electron chi connectivity index (χ1n) is 6.57. The van der Waals surface area contributed by atoms with E-state index in [-0.39, 0.29) is 12.1 Å². The molecular weight excluding hydrogens is 289 g/mol. The summed E-state index contributed by atoms with van der Waals surface area (Å²) in [6.07, 6.45) is 0.312. The zero-order valence-electron chi connectivity index (χ0n) is 11.9. The van der Waals surface area contributed by atoms with Gasteiger partial charge in [0.1, 0.15) is 5.82 Å². The van der Waals surface area contributed by atoms with E-state index in [1.807, 2.05) is 0 Å². The number of anilines is 1. The fourth-order valence-corrected chi connectivity index (χ4v) is 1.79. The minimum absolute atomic E-state index is 0.115. The Balaban J connectivity index is 1.85. The van der Waals surface area contributed by atoms with Gasteiger partial charge in [0.25, 0.3) is 0 Å². The molecule has 0 radical (unpaired) electrons. The second-order valence-corrected chi connectivity index (χ2v) is 4.46. The summed E-state index contributed by atoms with van der Waals surface area (Å²) in [5.41, 5.74) is 0.604. The maximum absolute atomic E-state index is 13.5. The molecular formula is C15H16FN3O3. The quantitative estimate of drug-likeness (QED) is 0.790. The predicted molar refractivity (Wildman–Crippen MR) is 79.2 cm³/mol. The topological polar surface area (TPSA) is 83.5 Å². The lowest BCUT2D eigenvalue weighted by Crippen LogP contribution is -2.32. The molecule has 1 heterocycles. The zero-order valence-corrected chi connectivity index (χ0v) is 11.9. The lowest BCUT2D eigenvalue weighted by molar-refractivity contribution is 0.170. The Bertz CT molecular complexity index is 634. The predicted octanol–water partition coefficient (Wildman–Crippen LogP) is 2.08. The van der Waals surface area contributed by atoms with E-state index >= 15 is 0 Å². The smallest absolute Gasteiger partial charge is 0.319 e. The van der Waals surface area contributed by atoms with Crippen LogP contribution in [-0.4, -0.2) is 29.8 Å². The summed E-state index contributed by atoms with van der Waals surface area (Å²) in [6.45, 7) is -0.115. The van der Waals surface area contributed by atoms with E-state index in [0.29, 0.717) is 11.6 Å². The third kappa shape index (κ3) is 4.16. The van der Waals surface area contributed by atoms with Gasteiger partial charge in [-0.25, -0.2) is 14.2 Å². The Kier molecular flexibility index (Phi) is 5.26. The number of aliphatic hydroxyl groups is 1. The van der Waals surface area contributed by atoms with Gasteiger partial charge in [-0.05, 0) is 12.1 Å². The first kappa shape index (κ1) is 15.7. The van der Waals surface area contributed by atoms with Gasteiger partial charge in [-0.2, -0.15) is 0 Å². The highest BCUT2D eigenvalue weighted by Crippen LogP contribution is 2.15. The van der Waals surface area contributed by atoms with Gasteiger partial charge < -0.3 is 20.5 Å². The van der Waals surface area contributed by atoms with Crippen LogP contribution in [0.4, 0.5) is 14.9 Å². The number of nitrogens with one attached hydrogen (secondary N) is 2. The average molecular weight is 305 g/mol. The van der Waals surface area contributed by atoms with Crippen LogP contribution in [0.25, 0.3) is 0 Å². The number of halogens is 1. The summed E-state index contributed by atoms with van der Waals surface area (Å²) in [6, 6.07) is 8.56. The van der Waals surface area contributed by atoms with Crippen LogP contribution >= 0.6 is 0 Å². The summed E-state index contributed by atoms with van der Waals surface area (Å²) in [7, 11) is 1.49. The molecule has 2 amide bonds. The number of amides is 2. The molecule has 0 aliphatic carbocycles. The molecule has 22 heavy (non-hydrogen) atoms. The average Bonchev–Trinajstić information content (AvgIpc) is 2.54. The molecule has 0 bridgehead atoms. The van der Waals surface area contributed by atoms with Gasteiger partial charge in [0.2, 0.25) is 5.88 Å². The lowest BCUT2D eigenvalue weighted by atomic mass is 10.1. The minimum Gasteiger partial charge on any atom is -0.481 e. The second kappa shape index (κ2) is 7.37. The largest absolute Gasteiger partial charge is 0.481 e. The van der Waals surface area contributed by atoms with E-state index < -0.39 is 18.0 Å². The van der Waals surface area contributed by atoms with E-state index in [9.17, 15) is 14.3 Å². The highest BCUT2D eigenvalue weighted by molar-refractivity contribution is 5.89. The Morgan fingerprint density at radius 1 is 1.36 bits per heavy atom. The number of urea groups is 1. The molecule has 3 N–H and O–H groups in total. The van der Waals surface area contributed by atoms with Crippen molar-refractivity contribution in [3.63, 3.8) is 0 Å². The lowest BCUT2D eigenvalue weighted by Gasteiger charge is -2.13. The minimum atomic E-state index is -1.12. The Labute approximate surface area is 127 Å². The normalized spacial score (nSPS) is 11.6. The molecule has 1 aromatic heterocycles. The van der Waals surface area contributed by atoms with Gasteiger partial charge >= 0.3 is 6.03 Å². The van der Waals surface area contributed by atoms with Gasteiger partial charge in [-0.3, -0.25) is 0 Å². The van der Waals surface area contributed by atoms with Crippen LogP contribution in [0.15, 0.2) is 42.6 Å². The molecule has 1 atom stereocenters. The third-order valence-electron chi connectivity index (χ3n) is 2.92. The van der Waals surface area contributed by atoms with Crippen molar-refractivity contribution in [2.45, 2.75) is 6.10 Å². The third-order valence-corrected chi connectivity index (χ3v) is 2.92. The number of hydrogen-bond acceptors (Lipinski definition) is 4. The van der Waals surface area contributed by atoms with Crippen molar-refractivity contribution < 1.29 is 19.0 Å². The first-order chi connectivity index (χ1) is 10.6. The number of aromatic nitrogens is 1. The number of carbonyl (C=O) groups is 1. The van der Waals surface area contributed by atoms with Crippen LogP contribution in [0.1, 0.15) is 11.7 Å². The maximum atomic E-state index is 13.5. The monoisotopic (exact) mass is 305 g/mol. The first-order valence-corrected chi connectivity index (χ1v) is 6.57. The molecule has 0 saturated carbocycles. The molecule has 0 aliphatic heterocycles. The highest BCUT2D eigenvalue weighted by Gasteiger charge is 2.13. The molecule has 2 rings (SSSR count). The van der Waals surface area contributed by atoms with Crippen molar-refractivity contribution in [1.29, 1.82) is 0 Å². The molecule has 6 nitrogen and oxygen atoms in total. The molecule has 0 aliphatic rings. The maximum Gasteiger partial charge on any atom is 0.319 e. The van der Waals surface area contributed by atoms with E-state index in [2.05, 4.69) is 15.6 Å². The Morgan fingerprint density at radius 2 is 2.14 bits per heavy atom. The van der Waals surface area contributed by atoms with Gasteiger partial charge in [-0.15, -0.1) is 0 Å². The van der Waals surface area contributed by atoms with Crippen molar-refractivity contribution in [3.8, 4) is 5.88 Å². The zero-order chi connectivity index (χ0) is 15.9. The molecule has 0 spiro atoms. The summed E-state index contributed by atoms with van der Waals surface area (Å²) < 4.78 is 18.4. The number of methoxy groups -OCH3 is 1. The van der Waals surface area contributed by atoms with Crippen molar-refractivity contribution in [3.05, 3.63) is 54.0 Å². The van der Waals surface area contributed by atoms with Crippen LogP contribution in [0.2, 0.25) is 0 Å². The second-order valence-electron chi connectivity index (χ2n) is 4.46. The molecule has 0 saturated heterocycles. The number of carbonyl (C=O) groups excluding carboxylic acids is 1. The number of rotatable bonds is 5. The summed E-state index contributed by atoms with van der Waals surface area (Å²) in [5.74, 6) is -0.0857. The van der Waals surface area contributed by atoms with E-state index in [1.54, 1.807) is 18.2 Å². The van der Waals surface area contributed by atoms with Crippen LogP contribution in [0, 0.1) is 5.82 Å². The van der Waals surface area contributed by atoms with Crippen molar-refractivity contribution in [2.75, 3.05) is 19.0 Å². The molecule has 2 aromatic rings. The highest BCUT2D eigenvalue weighted by atomic mass is 19.1. The van der Waals surface area contributed by atoms with E-state index in [0.717, 1.165) is 0 Å². The van der Waals surface area contributed by atoms with Crippen molar-refractivity contribution in [1.82, 2.24) is 10.3 Å². The standard InChI is InChI=1S/C15H16FN3O3/c1-22-14-7-6-10(8-17-14)19-15(21)18-9-13(20)11-4-2-3-5-12(11)16/h2-8,13,20H,9H2,1H3,(H2,18,19,21)/t13-/m1/s1. The Hall–Kier alpha value is -2.67. The fourth-order valence-electron chi connectivity index (χ4n) is 1.79. The molecule has 0 unspecified atom stereocenters. The van der Waals surface area contributed by atoms with Crippen molar-refractivity contribution >= 4 is 11.7 Å². The van der Waals surface area contributed by atoms with Crippen LogP contribution in [0.3, 0.4) is 0 Å². The number of aliphatic hydroxyl groups excluding tert-OH is 1. The van der Waals surface area contributed by atoms with Gasteiger partial charge in [0.05, 0.1) is 25.1 Å². The van der Waals surface area contributed by atoms with Gasteiger partial charge in [0.15, 0.2) is 0 Å². The van der Waals surface area contributed by atoms with Crippen molar-refractivity contribution in [2.24, 2.45) is 0 Å².